The van der Waals surface area contributed by atoms with Crippen molar-refractivity contribution in [2.75, 3.05) is 44.4 Å². The molecule has 1 atom stereocenters. The number of nitrogens with one attached hydrogen (secondary N) is 1. The van der Waals surface area contributed by atoms with Crippen molar-refractivity contribution in [3.63, 3.8) is 0 Å². The lowest BCUT2D eigenvalue weighted by Crippen LogP contribution is -2.40. The number of hydrogen-bond donors (Lipinski definition) is 1. The van der Waals surface area contributed by atoms with Gasteiger partial charge < -0.3 is 15.1 Å². The third-order valence-electron chi connectivity index (χ3n) is 3.13. The smallest absolute Gasteiger partial charge is 0.134 e. The average Bonchev–Trinajstić information content (AvgIpc) is 2.38. The van der Waals surface area contributed by atoms with E-state index in [9.17, 15) is 0 Å². The molecule has 1 aromatic heterocycles. The molecule has 0 aliphatic heterocycles. The van der Waals surface area contributed by atoms with E-state index < -0.39 is 0 Å². The summed E-state index contributed by atoms with van der Waals surface area (Å²) in [7, 11) is 6.09. The number of nitrogens with zero attached hydrogens (tertiary/aromatic N) is 4. The highest BCUT2D eigenvalue weighted by Gasteiger charge is 2.16. The topological polar surface area (TPSA) is 44.3 Å². The molecule has 0 spiro atoms. The number of likely N-dealkylation sites (N-methyl/N-ethyl adjacent to an activating group) is 2. The first-order chi connectivity index (χ1) is 9.01. The van der Waals surface area contributed by atoms with Gasteiger partial charge in [0.1, 0.15) is 17.5 Å². The molecule has 0 amide bonds. The molecule has 0 aliphatic rings. The second-order valence-corrected chi connectivity index (χ2v) is 5.03. The standard InChI is InChI=1S/C14H27N5/c1-7-12-16-13(15-4)9-14(17-12)19(8-2)11(3)10-18(5)6/h9,11H,7-8,10H2,1-6H3,(H,15,16,17). The molecular weight excluding hydrogens is 238 g/mol. The summed E-state index contributed by atoms with van der Waals surface area (Å²) < 4.78 is 0. The molecule has 0 saturated heterocycles. The Morgan fingerprint density at radius 3 is 2.42 bits per heavy atom. The normalized spacial score (nSPS) is 12.6. The lowest BCUT2D eigenvalue weighted by atomic mass is 10.2. The number of hydrogen-bond acceptors (Lipinski definition) is 5. The molecule has 5 heteroatoms. The van der Waals surface area contributed by atoms with Crippen LogP contribution in [0.3, 0.4) is 0 Å². The van der Waals surface area contributed by atoms with Gasteiger partial charge in [-0.25, -0.2) is 9.97 Å². The Morgan fingerprint density at radius 1 is 1.26 bits per heavy atom. The van der Waals surface area contributed by atoms with Gasteiger partial charge in [0.15, 0.2) is 0 Å². The molecule has 0 bridgehead atoms. The maximum absolute atomic E-state index is 4.66. The minimum absolute atomic E-state index is 0.421. The molecule has 1 unspecified atom stereocenters. The maximum Gasteiger partial charge on any atom is 0.134 e. The first-order valence-corrected chi connectivity index (χ1v) is 6.98. The van der Waals surface area contributed by atoms with E-state index in [-0.39, 0.29) is 0 Å². The van der Waals surface area contributed by atoms with Crippen LogP contribution in [0.5, 0.6) is 0 Å². The van der Waals surface area contributed by atoms with Gasteiger partial charge in [0.05, 0.1) is 0 Å². The summed E-state index contributed by atoms with van der Waals surface area (Å²) in [6.45, 7) is 8.43. The summed E-state index contributed by atoms with van der Waals surface area (Å²) in [5.41, 5.74) is 0. The fourth-order valence-electron chi connectivity index (χ4n) is 2.24. The van der Waals surface area contributed by atoms with Gasteiger partial charge in [-0.3, -0.25) is 0 Å². The molecule has 5 nitrogen and oxygen atoms in total. The van der Waals surface area contributed by atoms with E-state index in [1.807, 2.05) is 13.1 Å². The molecule has 19 heavy (non-hydrogen) atoms. The Kier molecular flexibility index (Phi) is 6.02. The van der Waals surface area contributed by atoms with E-state index in [0.717, 1.165) is 37.0 Å². The van der Waals surface area contributed by atoms with E-state index in [1.54, 1.807) is 0 Å². The molecule has 1 heterocycles. The Bertz CT molecular complexity index is 369. The summed E-state index contributed by atoms with van der Waals surface area (Å²) >= 11 is 0. The SMILES string of the molecule is CCc1nc(NC)cc(N(CC)C(C)CN(C)C)n1. The molecule has 108 valence electrons. The highest BCUT2D eigenvalue weighted by atomic mass is 15.2. The second kappa shape index (κ2) is 7.28. The maximum atomic E-state index is 4.66. The quantitative estimate of drug-likeness (QED) is 0.815. The van der Waals surface area contributed by atoms with E-state index in [2.05, 4.69) is 60.0 Å². The zero-order chi connectivity index (χ0) is 14.4. The Morgan fingerprint density at radius 2 is 1.95 bits per heavy atom. The molecule has 0 aromatic carbocycles. The number of rotatable bonds is 7. The van der Waals surface area contributed by atoms with E-state index >= 15 is 0 Å². The molecule has 1 rings (SSSR count). The largest absolute Gasteiger partial charge is 0.373 e. The summed E-state index contributed by atoms with van der Waals surface area (Å²) in [5, 5.41) is 3.11. The van der Waals surface area contributed by atoms with Crippen molar-refractivity contribution in [1.82, 2.24) is 14.9 Å². The minimum Gasteiger partial charge on any atom is -0.373 e. The zero-order valence-corrected chi connectivity index (χ0v) is 13.1. The van der Waals surface area contributed by atoms with Gasteiger partial charge in [-0.2, -0.15) is 0 Å². The summed E-state index contributed by atoms with van der Waals surface area (Å²) in [4.78, 5) is 13.6. The van der Waals surface area contributed by atoms with Crippen LogP contribution in [0.15, 0.2) is 6.07 Å². The molecule has 0 fully saturated rings. The number of aromatic nitrogens is 2. The Balaban J connectivity index is 3.02. The lowest BCUT2D eigenvalue weighted by Gasteiger charge is -2.31. The Labute approximate surface area is 117 Å². The van der Waals surface area contributed by atoms with Crippen molar-refractivity contribution in [1.29, 1.82) is 0 Å². The van der Waals surface area contributed by atoms with Crippen molar-refractivity contribution in [2.45, 2.75) is 33.2 Å². The highest BCUT2D eigenvalue weighted by Crippen LogP contribution is 2.18. The molecule has 0 radical (unpaired) electrons. The Hall–Kier alpha value is -1.36. The number of aryl methyl sites for hydroxylation is 1. The van der Waals surface area contributed by atoms with Gasteiger partial charge in [-0.05, 0) is 27.9 Å². The average molecular weight is 265 g/mol. The van der Waals surface area contributed by atoms with Gasteiger partial charge >= 0.3 is 0 Å². The van der Waals surface area contributed by atoms with Gasteiger partial charge in [0.2, 0.25) is 0 Å². The second-order valence-electron chi connectivity index (χ2n) is 5.03. The summed E-state index contributed by atoms with van der Waals surface area (Å²) in [6, 6.07) is 2.44. The van der Waals surface area contributed by atoms with Crippen molar-refractivity contribution in [3.05, 3.63) is 11.9 Å². The van der Waals surface area contributed by atoms with Crippen LogP contribution >= 0.6 is 0 Å². The highest BCUT2D eigenvalue weighted by molar-refractivity contribution is 5.49. The van der Waals surface area contributed by atoms with Crippen LogP contribution in [-0.2, 0) is 6.42 Å². The predicted octanol–water partition coefficient (Wildman–Crippen LogP) is 1.86. The van der Waals surface area contributed by atoms with Crippen molar-refractivity contribution in [3.8, 4) is 0 Å². The van der Waals surface area contributed by atoms with Gasteiger partial charge in [0, 0.05) is 38.7 Å². The predicted molar refractivity (Wildman–Crippen MR) is 82.0 cm³/mol. The van der Waals surface area contributed by atoms with E-state index in [0.29, 0.717) is 6.04 Å². The summed E-state index contributed by atoms with van der Waals surface area (Å²) in [5.74, 6) is 2.78. The van der Waals surface area contributed by atoms with Crippen LogP contribution < -0.4 is 10.2 Å². The molecule has 1 aromatic rings. The van der Waals surface area contributed by atoms with Crippen LogP contribution in [0.2, 0.25) is 0 Å². The van der Waals surface area contributed by atoms with Crippen LogP contribution in [0.25, 0.3) is 0 Å². The van der Waals surface area contributed by atoms with Crippen LogP contribution in [-0.4, -0.2) is 55.1 Å². The van der Waals surface area contributed by atoms with Gasteiger partial charge in [-0.15, -0.1) is 0 Å². The fourth-order valence-corrected chi connectivity index (χ4v) is 2.24. The molecule has 1 N–H and O–H groups in total. The molecular formula is C14H27N5. The van der Waals surface area contributed by atoms with Crippen molar-refractivity contribution >= 4 is 11.6 Å². The van der Waals surface area contributed by atoms with E-state index in [4.69, 9.17) is 0 Å². The third kappa shape index (κ3) is 4.35. The van der Waals surface area contributed by atoms with Crippen LogP contribution in [0.4, 0.5) is 11.6 Å². The molecule has 0 saturated carbocycles. The van der Waals surface area contributed by atoms with Crippen LogP contribution in [0, 0.1) is 0 Å². The monoisotopic (exact) mass is 265 g/mol. The van der Waals surface area contributed by atoms with Crippen molar-refractivity contribution < 1.29 is 0 Å². The zero-order valence-electron chi connectivity index (χ0n) is 13.1. The van der Waals surface area contributed by atoms with Gasteiger partial charge in [0.25, 0.3) is 0 Å². The summed E-state index contributed by atoms with van der Waals surface area (Å²) in [6.07, 6.45) is 0.849. The lowest BCUT2D eigenvalue weighted by molar-refractivity contribution is 0.372. The minimum atomic E-state index is 0.421. The first-order valence-electron chi connectivity index (χ1n) is 6.98. The molecule has 0 aliphatic carbocycles. The van der Waals surface area contributed by atoms with E-state index in [1.165, 1.54) is 0 Å². The fraction of sp³-hybridized carbons (Fsp3) is 0.714. The van der Waals surface area contributed by atoms with Crippen molar-refractivity contribution in [2.24, 2.45) is 0 Å². The van der Waals surface area contributed by atoms with Crippen LogP contribution in [0.1, 0.15) is 26.6 Å². The van der Waals surface area contributed by atoms with Gasteiger partial charge in [-0.1, -0.05) is 6.92 Å². The first kappa shape index (κ1) is 15.7. The third-order valence-corrected chi connectivity index (χ3v) is 3.13. The number of anilines is 2.